The first-order chi connectivity index (χ1) is 12.7. The summed E-state index contributed by atoms with van der Waals surface area (Å²) < 4.78 is 28.3. The van der Waals surface area contributed by atoms with Crippen molar-refractivity contribution in [3.8, 4) is 0 Å². The smallest absolute Gasteiger partial charge is 0.261 e. The fourth-order valence-electron chi connectivity index (χ4n) is 3.07. The van der Waals surface area contributed by atoms with Crippen molar-refractivity contribution in [3.05, 3.63) is 41.5 Å². The van der Waals surface area contributed by atoms with Gasteiger partial charge in [0.2, 0.25) is 0 Å². The number of nitrogens with zero attached hydrogens (tertiary/aromatic N) is 4. The molecule has 0 unspecified atom stereocenters. The molecule has 1 aromatic carbocycles. The van der Waals surface area contributed by atoms with E-state index in [2.05, 4.69) is 20.3 Å². The van der Waals surface area contributed by atoms with Crippen LogP contribution < -0.4 is 10.3 Å². The Hall–Kier alpha value is -2.72. The molecule has 0 fully saturated rings. The van der Waals surface area contributed by atoms with Crippen LogP contribution in [0.1, 0.15) is 24.1 Å². The highest BCUT2D eigenvalue weighted by atomic mass is 32.2. The molecule has 0 aliphatic rings. The number of nitrogens with one attached hydrogen (secondary N) is 2. The molecule has 0 atom stereocenters. The number of imidazole rings is 1. The van der Waals surface area contributed by atoms with E-state index in [1.54, 1.807) is 25.5 Å². The molecule has 2 N–H and O–H groups in total. The topological polar surface area (TPSA) is 111 Å². The number of hydrazine groups is 1. The van der Waals surface area contributed by atoms with Crippen LogP contribution in [0.5, 0.6) is 0 Å². The summed E-state index contributed by atoms with van der Waals surface area (Å²) in [6.07, 6.45) is 0.655. The number of carbonyl (C=O) groups excluding carboxylic acids is 1. The molecule has 0 aliphatic heterocycles. The monoisotopic (exact) mass is 390 g/mol. The maximum atomic E-state index is 12.5. The van der Waals surface area contributed by atoms with Crippen LogP contribution in [-0.2, 0) is 34.8 Å². The molecule has 0 saturated carbocycles. The third-order valence-electron chi connectivity index (χ3n) is 4.39. The average molecular weight is 390 g/mol. The van der Waals surface area contributed by atoms with Gasteiger partial charge in [0, 0.05) is 13.5 Å². The van der Waals surface area contributed by atoms with Crippen molar-refractivity contribution in [1.29, 1.82) is 0 Å². The molecule has 0 spiro atoms. The summed E-state index contributed by atoms with van der Waals surface area (Å²) in [6.45, 7) is 5.17. The Morgan fingerprint density at radius 3 is 2.56 bits per heavy atom. The minimum atomic E-state index is -3.92. The van der Waals surface area contributed by atoms with Crippen LogP contribution in [-0.4, -0.2) is 33.7 Å². The molecule has 27 heavy (non-hydrogen) atoms. The van der Waals surface area contributed by atoms with Crippen LogP contribution in [0.2, 0.25) is 0 Å². The number of amides is 1. The SMILES string of the molecule is CCc1nc2ccccc2n1CC(=O)NNS(=O)(=O)c1c(C)nn(C)c1C. The van der Waals surface area contributed by atoms with Crippen molar-refractivity contribution < 1.29 is 13.2 Å². The molecule has 9 nitrogen and oxygen atoms in total. The number of sulfonamides is 1. The normalized spacial score (nSPS) is 11.9. The summed E-state index contributed by atoms with van der Waals surface area (Å²) in [5.41, 5.74) is 4.75. The summed E-state index contributed by atoms with van der Waals surface area (Å²) in [5.74, 6) is 0.267. The Morgan fingerprint density at radius 1 is 1.22 bits per heavy atom. The zero-order chi connectivity index (χ0) is 19.8. The van der Waals surface area contributed by atoms with Crippen LogP contribution in [0, 0.1) is 13.8 Å². The van der Waals surface area contributed by atoms with Gasteiger partial charge in [-0.1, -0.05) is 19.1 Å². The van der Waals surface area contributed by atoms with Crippen LogP contribution in [0.4, 0.5) is 0 Å². The Bertz CT molecular complexity index is 1110. The lowest BCUT2D eigenvalue weighted by atomic mass is 10.3. The number of fused-ring (bicyclic) bond motifs is 1. The van der Waals surface area contributed by atoms with Gasteiger partial charge in [0.05, 0.1) is 22.4 Å². The summed E-state index contributed by atoms with van der Waals surface area (Å²) in [4.78, 5) is 19.1. The fourth-order valence-corrected chi connectivity index (χ4v) is 4.37. The van der Waals surface area contributed by atoms with E-state index in [9.17, 15) is 13.2 Å². The first kappa shape index (κ1) is 19.1. The predicted molar refractivity (Wildman–Crippen MR) is 100 cm³/mol. The lowest BCUT2D eigenvalue weighted by molar-refractivity contribution is -0.122. The van der Waals surface area contributed by atoms with E-state index >= 15 is 0 Å². The number of aromatic nitrogens is 4. The number of hydrogen-bond acceptors (Lipinski definition) is 5. The lowest BCUT2D eigenvalue weighted by Crippen LogP contribution is -2.43. The summed E-state index contributed by atoms with van der Waals surface area (Å²) in [5, 5.41) is 4.09. The summed E-state index contributed by atoms with van der Waals surface area (Å²) in [6, 6.07) is 7.50. The first-order valence-electron chi connectivity index (χ1n) is 8.49. The van der Waals surface area contributed by atoms with Crippen molar-refractivity contribution in [3.63, 3.8) is 0 Å². The molecule has 3 aromatic rings. The predicted octanol–water partition coefficient (Wildman–Crippen LogP) is 0.959. The van der Waals surface area contributed by atoms with Crippen LogP contribution >= 0.6 is 0 Å². The number of para-hydroxylation sites is 2. The molecule has 0 saturated heterocycles. The van der Waals surface area contributed by atoms with E-state index < -0.39 is 15.9 Å². The number of aryl methyl sites for hydroxylation is 3. The van der Waals surface area contributed by atoms with Gasteiger partial charge in [-0.2, -0.15) is 5.10 Å². The molecule has 10 heteroatoms. The highest BCUT2D eigenvalue weighted by molar-refractivity contribution is 7.89. The molecule has 144 valence electrons. The largest absolute Gasteiger partial charge is 0.318 e. The number of hydrogen-bond donors (Lipinski definition) is 2. The van der Waals surface area contributed by atoms with Crippen LogP contribution in [0.3, 0.4) is 0 Å². The zero-order valence-electron chi connectivity index (χ0n) is 15.6. The molecule has 2 heterocycles. The number of carbonyl (C=O) groups is 1. The van der Waals surface area contributed by atoms with Gasteiger partial charge in [-0.3, -0.25) is 14.9 Å². The second-order valence-electron chi connectivity index (χ2n) is 6.23. The van der Waals surface area contributed by atoms with Gasteiger partial charge in [-0.05, 0) is 26.0 Å². The minimum absolute atomic E-state index is 0.0444. The Labute approximate surface area is 157 Å². The number of benzene rings is 1. The van der Waals surface area contributed by atoms with Gasteiger partial charge in [0.15, 0.2) is 0 Å². The van der Waals surface area contributed by atoms with Crippen molar-refractivity contribution in [1.82, 2.24) is 29.6 Å². The van der Waals surface area contributed by atoms with Crippen LogP contribution in [0.15, 0.2) is 29.2 Å². The second-order valence-corrected chi connectivity index (χ2v) is 7.85. The standard InChI is InChI=1S/C17H22N6O3S/c1-5-15-18-13-8-6-7-9-14(13)23(15)10-16(24)19-21-27(25,26)17-11(2)20-22(4)12(17)3/h6-9,21H,5,10H2,1-4H3,(H,19,24). The number of rotatable bonds is 6. The van der Waals surface area contributed by atoms with Gasteiger partial charge in [0.1, 0.15) is 17.3 Å². The van der Waals surface area contributed by atoms with Gasteiger partial charge < -0.3 is 4.57 Å². The summed E-state index contributed by atoms with van der Waals surface area (Å²) >= 11 is 0. The molecular weight excluding hydrogens is 368 g/mol. The van der Waals surface area contributed by atoms with E-state index in [0.29, 0.717) is 17.8 Å². The van der Waals surface area contributed by atoms with Gasteiger partial charge in [-0.25, -0.2) is 13.4 Å². The summed E-state index contributed by atoms with van der Waals surface area (Å²) in [7, 11) is -2.26. The molecule has 1 amide bonds. The van der Waals surface area contributed by atoms with Gasteiger partial charge >= 0.3 is 0 Å². The third kappa shape index (κ3) is 3.58. The maximum Gasteiger partial charge on any atom is 0.261 e. The fraction of sp³-hybridized carbons (Fsp3) is 0.353. The van der Waals surface area contributed by atoms with Gasteiger partial charge in [0.25, 0.3) is 15.9 Å². The van der Waals surface area contributed by atoms with E-state index in [1.807, 2.05) is 31.2 Å². The van der Waals surface area contributed by atoms with E-state index in [4.69, 9.17) is 0 Å². The Morgan fingerprint density at radius 2 is 1.93 bits per heavy atom. The highest BCUT2D eigenvalue weighted by Gasteiger charge is 2.24. The third-order valence-corrected chi connectivity index (χ3v) is 5.89. The van der Waals surface area contributed by atoms with E-state index in [1.165, 1.54) is 4.68 Å². The average Bonchev–Trinajstić information content (AvgIpc) is 3.10. The molecule has 0 aliphatic carbocycles. The van der Waals surface area contributed by atoms with Crippen molar-refractivity contribution in [2.45, 2.75) is 38.6 Å². The van der Waals surface area contributed by atoms with E-state index in [-0.39, 0.29) is 11.4 Å². The van der Waals surface area contributed by atoms with Crippen molar-refractivity contribution in [2.24, 2.45) is 7.05 Å². The molecule has 3 rings (SSSR count). The van der Waals surface area contributed by atoms with Gasteiger partial charge in [-0.15, -0.1) is 4.83 Å². The minimum Gasteiger partial charge on any atom is -0.318 e. The molecule has 0 radical (unpaired) electrons. The molecule has 0 bridgehead atoms. The zero-order valence-corrected chi connectivity index (χ0v) is 16.5. The van der Waals surface area contributed by atoms with Crippen molar-refractivity contribution >= 4 is 27.0 Å². The molecular formula is C17H22N6O3S. The highest BCUT2D eigenvalue weighted by Crippen LogP contribution is 2.18. The van der Waals surface area contributed by atoms with Crippen molar-refractivity contribution in [2.75, 3.05) is 0 Å². The molecule has 2 aromatic heterocycles. The Kier molecular flexibility index (Phi) is 5.03. The lowest BCUT2D eigenvalue weighted by Gasteiger charge is -2.11. The quantitative estimate of drug-likeness (QED) is 0.609. The maximum absolute atomic E-state index is 12.5. The first-order valence-corrected chi connectivity index (χ1v) is 9.98. The van der Waals surface area contributed by atoms with Crippen LogP contribution in [0.25, 0.3) is 11.0 Å². The Balaban J connectivity index is 1.77. The second kappa shape index (κ2) is 7.12. The van der Waals surface area contributed by atoms with E-state index in [0.717, 1.165) is 16.9 Å².